The molecular formula is C28H35NO4. The number of ketones is 1. The third kappa shape index (κ3) is 6.32. The molecule has 176 valence electrons. The largest absolute Gasteiger partial charge is 0.492 e. The zero-order valence-electron chi connectivity index (χ0n) is 20.3. The number of benzene rings is 2. The van der Waals surface area contributed by atoms with Gasteiger partial charge in [-0.2, -0.15) is 0 Å². The van der Waals surface area contributed by atoms with Crippen LogP contribution < -0.4 is 10.2 Å². The fraction of sp³-hybridized carbons (Fsp3) is 0.429. The average Bonchev–Trinajstić information content (AvgIpc) is 2.81. The minimum absolute atomic E-state index is 0.0497. The number of ether oxygens (including phenoxy) is 1. The van der Waals surface area contributed by atoms with Crippen LogP contribution in [0.15, 0.2) is 51.7 Å². The molecule has 2 aromatic carbocycles. The highest BCUT2D eigenvalue weighted by Gasteiger charge is 2.17. The fourth-order valence-electron chi connectivity index (χ4n) is 4.04. The third-order valence-electron chi connectivity index (χ3n) is 5.89. The van der Waals surface area contributed by atoms with E-state index in [2.05, 4.69) is 18.7 Å². The summed E-state index contributed by atoms with van der Waals surface area (Å²) in [6.45, 7) is 12.0. The molecule has 0 saturated carbocycles. The minimum atomic E-state index is -0.305. The van der Waals surface area contributed by atoms with Gasteiger partial charge in [-0.05, 0) is 75.2 Å². The molecule has 3 rings (SSSR count). The lowest BCUT2D eigenvalue weighted by atomic mass is 10.0. The summed E-state index contributed by atoms with van der Waals surface area (Å²) in [5.41, 5.74) is 2.48. The number of para-hydroxylation sites is 1. The van der Waals surface area contributed by atoms with E-state index in [9.17, 15) is 9.59 Å². The van der Waals surface area contributed by atoms with Crippen molar-refractivity contribution in [3.63, 3.8) is 0 Å². The van der Waals surface area contributed by atoms with Gasteiger partial charge in [0.25, 0.3) is 0 Å². The van der Waals surface area contributed by atoms with Gasteiger partial charge in [0, 0.05) is 18.2 Å². The number of unbranched alkanes of at least 4 members (excludes halogenated alkanes) is 2. The zero-order chi connectivity index (χ0) is 23.8. The molecule has 5 heteroatoms. The zero-order valence-corrected chi connectivity index (χ0v) is 20.3. The second-order valence-electron chi connectivity index (χ2n) is 8.64. The molecule has 33 heavy (non-hydrogen) atoms. The van der Waals surface area contributed by atoms with E-state index in [1.165, 1.54) is 31.7 Å². The molecule has 0 saturated heterocycles. The summed E-state index contributed by atoms with van der Waals surface area (Å²) in [5.74, 6) is 0.562. The number of nitrogens with zero attached hydrogens (tertiary/aromatic N) is 1. The second-order valence-corrected chi connectivity index (χ2v) is 8.64. The molecule has 0 aliphatic heterocycles. The molecular weight excluding hydrogens is 414 g/mol. The van der Waals surface area contributed by atoms with E-state index in [0.717, 1.165) is 36.5 Å². The molecule has 0 amide bonds. The Morgan fingerprint density at radius 3 is 2.21 bits per heavy atom. The highest BCUT2D eigenvalue weighted by Crippen LogP contribution is 2.26. The van der Waals surface area contributed by atoms with Crippen LogP contribution in [0, 0.1) is 13.8 Å². The van der Waals surface area contributed by atoms with E-state index in [0.29, 0.717) is 23.1 Å². The van der Waals surface area contributed by atoms with Crippen LogP contribution in [0.25, 0.3) is 11.0 Å². The van der Waals surface area contributed by atoms with Crippen molar-refractivity contribution in [2.75, 3.05) is 26.2 Å². The number of fused-ring (bicyclic) bond motifs is 1. The monoisotopic (exact) mass is 449 g/mol. The Hall–Kier alpha value is -2.92. The fourth-order valence-corrected chi connectivity index (χ4v) is 4.04. The van der Waals surface area contributed by atoms with Gasteiger partial charge in [0.1, 0.15) is 17.9 Å². The molecule has 5 nitrogen and oxygen atoms in total. The third-order valence-corrected chi connectivity index (χ3v) is 5.89. The van der Waals surface area contributed by atoms with Crippen molar-refractivity contribution in [3.8, 4) is 5.75 Å². The number of aryl methyl sites for hydroxylation is 2. The van der Waals surface area contributed by atoms with E-state index >= 15 is 0 Å². The van der Waals surface area contributed by atoms with Crippen molar-refractivity contribution in [1.82, 2.24) is 4.90 Å². The number of carbonyl (C=O) groups excluding carboxylic acids is 1. The molecule has 1 aromatic heterocycles. The van der Waals surface area contributed by atoms with E-state index in [1.54, 1.807) is 24.3 Å². The van der Waals surface area contributed by atoms with Crippen LogP contribution in [0.1, 0.15) is 66.8 Å². The lowest BCUT2D eigenvalue weighted by Gasteiger charge is -2.22. The number of hydrogen-bond donors (Lipinski definition) is 0. The molecule has 0 bridgehead atoms. The first-order valence-corrected chi connectivity index (χ1v) is 12.0. The van der Waals surface area contributed by atoms with Crippen LogP contribution in [-0.2, 0) is 0 Å². The first-order valence-electron chi connectivity index (χ1n) is 12.0. The Kier molecular flexibility index (Phi) is 8.84. The highest BCUT2D eigenvalue weighted by atomic mass is 16.5. The number of carbonyl (C=O) groups is 1. The Morgan fingerprint density at radius 2 is 1.58 bits per heavy atom. The molecule has 1 heterocycles. The quantitative estimate of drug-likeness (QED) is 0.321. The van der Waals surface area contributed by atoms with Gasteiger partial charge in [-0.25, -0.2) is 0 Å². The van der Waals surface area contributed by atoms with E-state index in [4.69, 9.17) is 9.15 Å². The summed E-state index contributed by atoms with van der Waals surface area (Å²) in [6, 6.07) is 11.9. The van der Waals surface area contributed by atoms with Gasteiger partial charge in [-0.1, -0.05) is 38.8 Å². The molecule has 0 atom stereocenters. The predicted octanol–water partition coefficient (Wildman–Crippen LogP) is 5.92. The van der Waals surface area contributed by atoms with Crippen LogP contribution in [-0.4, -0.2) is 36.9 Å². The van der Waals surface area contributed by atoms with Crippen molar-refractivity contribution in [2.24, 2.45) is 0 Å². The molecule has 0 radical (unpaired) electrons. The maximum atomic E-state index is 13.1. The summed E-state index contributed by atoms with van der Waals surface area (Å²) in [4.78, 5) is 27.9. The van der Waals surface area contributed by atoms with Gasteiger partial charge in [0.05, 0.1) is 5.39 Å². The maximum Gasteiger partial charge on any atom is 0.228 e. The van der Waals surface area contributed by atoms with Crippen molar-refractivity contribution in [3.05, 3.63) is 75.1 Å². The molecule has 0 aliphatic rings. The van der Waals surface area contributed by atoms with Crippen molar-refractivity contribution < 1.29 is 13.9 Å². The van der Waals surface area contributed by atoms with Crippen molar-refractivity contribution in [2.45, 2.75) is 53.4 Å². The minimum Gasteiger partial charge on any atom is -0.492 e. The van der Waals surface area contributed by atoms with Gasteiger partial charge in [0.2, 0.25) is 5.78 Å². The maximum absolute atomic E-state index is 13.1. The first kappa shape index (κ1) is 24.7. The smallest absolute Gasteiger partial charge is 0.228 e. The Bertz CT molecular complexity index is 1120. The lowest BCUT2D eigenvalue weighted by molar-refractivity contribution is 0.101. The Morgan fingerprint density at radius 1 is 0.939 bits per heavy atom. The molecule has 0 spiro atoms. The lowest BCUT2D eigenvalue weighted by Crippen LogP contribution is -2.30. The summed E-state index contributed by atoms with van der Waals surface area (Å²) >= 11 is 0. The standard InChI is InChI=1S/C28H35NO4/c1-5-7-13-29(14-8-6-2)15-16-32-28-20(3)17-22(18-21(28)4)27(31)26-19-24(30)23-11-9-10-12-25(23)33-26/h9-12,17-19H,5-8,13-16H2,1-4H3. The van der Waals surface area contributed by atoms with Crippen LogP contribution in [0.3, 0.4) is 0 Å². The summed E-state index contributed by atoms with van der Waals surface area (Å²) in [6.07, 6.45) is 4.77. The van der Waals surface area contributed by atoms with E-state index in [-0.39, 0.29) is 17.0 Å². The average molecular weight is 450 g/mol. The molecule has 0 N–H and O–H groups in total. The summed E-state index contributed by atoms with van der Waals surface area (Å²) < 4.78 is 11.9. The van der Waals surface area contributed by atoms with Crippen LogP contribution in [0.5, 0.6) is 5.75 Å². The van der Waals surface area contributed by atoms with Gasteiger partial charge in [-0.3, -0.25) is 14.5 Å². The molecule has 0 aliphatic carbocycles. The second kappa shape index (κ2) is 11.8. The molecule has 0 unspecified atom stereocenters. The van der Waals surface area contributed by atoms with Gasteiger partial charge >= 0.3 is 0 Å². The summed E-state index contributed by atoms with van der Waals surface area (Å²) in [7, 11) is 0. The predicted molar refractivity (Wildman–Crippen MR) is 134 cm³/mol. The SMILES string of the molecule is CCCCN(CCCC)CCOc1c(C)cc(C(=O)c2cc(=O)c3ccccc3o2)cc1C. The first-order chi connectivity index (χ1) is 15.9. The number of hydrogen-bond acceptors (Lipinski definition) is 5. The Balaban J connectivity index is 1.73. The highest BCUT2D eigenvalue weighted by molar-refractivity contribution is 6.08. The molecule has 0 fully saturated rings. The van der Waals surface area contributed by atoms with Gasteiger partial charge in [0.15, 0.2) is 11.2 Å². The summed E-state index contributed by atoms with van der Waals surface area (Å²) in [5, 5.41) is 0.470. The van der Waals surface area contributed by atoms with Crippen molar-refractivity contribution >= 4 is 16.8 Å². The van der Waals surface area contributed by atoms with E-state index < -0.39 is 0 Å². The van der Waals surface area contributed by atoms with Gasteiger partial charge in [-0.15, -0.1) is 0 Å². The van der Waals surface area contributed by atoms with Crippen LogP contribution in [0.4, 0.5) is 0 Å². The topological polar surface area (TPSA) is 59.8 Å². The van der Waals surface area contributed by atoms with E-state index in [1.807, 2.05) is 26.0 Å². The van der Waals surface area contributed by atoms with Gasteiger partial charge < -0.3 is 9.15 Å². The van der Waals surface area contributed by atoms with Crippen LogP contribution in [0.2, 0.25) is 0 Å². The van der Waals surface area contributed by atoms with Crippen molar-refractivity contribution in [1.29, 1.82) is 0 Å². The normalized spacial score (nSPS) is 11.3. The molecule has 3 aromatic rings. The Labute approximate surface area is 196 Å². The van der Waals surface area contributed by atoms with Crippen LogP contribution >= 0.6 is 0 Å². The number of rotatable bonds is 12.